The van der Waals surface area contributed by atoms with E-state index in [9.17, 15) is 14.0 Å². The Morgan fingerprint density at radius 1 is 1.13 bits per heavy atom. The van der Waals surface area contributed by atoms with Crippen molar-refractivity contribution in [2.75, 3.05) is 26.2 Å². The van der Waals surface area contributed by atoms with Crippen LogP contribution in [-0.2, 0) is 0 Å². The van der Waals surface area contributed by atoms with Crippen LogP contribution in [0.3, 0.4) is 0 Å². The fraction of sp³-hybridized carbons (Fsp3) is 0.333. The summed E-state index contributed by atoms with van der Waals surface area (Å²) in [5.41, 5.74) is 0.954. The Morgan fingerprint density at radius 2 is 1.90 bits per heavy atom. The molecule has 1 amide bonds. The quantitative estimate of drug-likeness (QED) is 0.472. The summed E-state index contributed by atoms with van der Waals surface area (Å²) in [4.78, 5) is 30.7. The van der Waals surface area contributed by atoms with Crippen molar-refractivity contribution < 1.29 is 13.6 Å². The molecule has 5 nitrogen and oxygen atoms in total. The van der Waals surface area contributed by atoms with E-state index in [1.807, 2.05) is 0 Å². The first-order valence-electron chi connectivity index (χ1n) is 10.5. The largest absolute Gasteiger partial charge is 0.450 e. The van der Waals surface area contributed by atoms with Crippen molar-refractivity contribution in [3.8, 4) is 0 Å². The highest BCUT2D eigenvalue weighted by atomic mass is 79.9. The average Bonchev–Trinajstić information content (AvgIpc) is 3.04. The number of nitrogens with zero attached hydrogens (tertiary/aromatic N) is 2. The van der Waals surface area contributed by atoms with Gasteiger partial charge in [0.05, 0.1) is 17.0 Å². The molecule has 1 atom stereocenters. The average molecular weight is 487 g/mol. The lowest BCUT2D eigenvalue weighted by molar-refractivity contribution is 0.0720. The zero-order valence-corrected chi connectivity index (χ0v) is 19.1. The van der Waals surface area contributed by atoms with E-state index in [1.54, 1.807) is 35.2 Å². The van der Waals surface area contributed by atoms with E-state index in [2.05, 4.69) is 34.7 Å². The van der Waals surface area contributed by atoms with E-state index in [1.165, 1.54) is 12.1 Å². The van der Waals surface area contributed by atoms with Crippen molar-refractivity contribution in [1.82, 2.24) is 9.80 Å². The van der Waals surface area contributed by atoms with Gasteiger partial charge in [-0.05, 0) is 62.0 Å². The molecular formula is C24H24BrFN2O3. The molecule has 3 aromatic rings. The second-order valence-corrected chi connectivity index (χ2v) is 8.57. The molecule has 0 N–H and O–H groups in total. The summed E-state index contributed by atoms with van der Waals surface area (Å²) in [5, 5.41) is 0.396. The minimum Gasteiger partial charge on any atom is -0.450 e. The third-order valence-corrected chi connectivity index (χ3v) is 6.35. The predicted molar refractivity (Wildman–Crippen MR) is 122 cm³/mol. The summed E-state index contributed by atoms with van der Waals surface area (Å²) in [6, 6.07) is 10.5. The Kier molecular flexibility index (Phi) is 6.25. The van der Waals surface area contributed by atoms with Gasteiger partial charge in [-0.25, -0.2) is 4.39 Å². The van der Waals surface area contributed by atoms with Crippen LogP contribution in [-0.4, -0.2) is 41.9 Å². The highest BCUT2D eigenvalue weighted by Crippen LogP contribution is 2.38. The molecule has 162 valence electrons. The molecule has 0 fully saturated rings. The molecule has 1 aromatic heterocycles. The summed E-state index contributed by atoms with van der Waals surface area (Å²) in [6.45, 7) is 7.33. The first-order chi connectivity index (χ1) is 14.9. The Labute approximate surface area is 188 Å². The van der Waals surface area contributed by atoms with Crippen molar-refractivity contribution in [2.45, 2.75) is 26.3 Å². The van der Waals surface area contributed by atoms with Crippen LogP contribution in [0.4, 0.5) is 4.39 Å². The maximum Gasteiger partial charge on any atom is 0.290 e. The number of fused-ring (bicyclic) bond motifs is 2. The molecule has 31 heavy (non-hydrogen) atoms. The number of amides is 1. The standard InChI is InChI=1S/C24H24BrFN2O3/c1-3-27(4-2)11-6-12-28-21(15-7-5-8-17(26)13-15)20-22(29)18-14-16(25)9-10-19(18)31-23(20)24(28)30/h5,7-10,13-14,21H,3-4,6,11-12H2,1-2H3/t21-/m0/s1. The minimum absolute atomic E-state index is 0.0527. The van der Waals surface area contributed by atoms with E-state index >= 15 is 0 Å². The second-order valence-electron chi connectivity index (χ2n) is 7.65. The number of halogens is 2. The molecule has 0 spiro atoms. The minimum atomic E-state index is -0.672. The lowest BCUT2D eigenvalue weighted by atomic mass is 9.98. The Balaban J connectivity index is 1.81. The van der Waals surface area contributed by atoms with Gasteiger partial charge < -0.3 is 14.2 Å². The van der Waals surface area contributed by atoms with Gasteiger partial charge in [-0.15, -0.1) is 0 Å². The fourth-order valence-electron chi connectivity index (χ4n) is 4.25. The summed E-state index contributed by atoms with van der Waals surface area (Å²) < 4.78 is 20.7. The van der Waals surface area contributed by atoms with Crippen LogP contribution >= 0.6 is 15.9 Å². The van der Waals surface area contributed by atoms with Crippen LogP contribution in [0.15, 0.2) is 56.1 Å². The van der Waals surface area contributed by atoms with Crippen LogP contribution < -0.4 is 5.43 Å². The molecular weight excluding hydrogens is 463 g/mol. The highest BCUT2D eigenvalue weighted by Gasteiger charge is 2.42. The van der Waals surface area contributed by atoms with Gasteiger partial charge in [-0.1, -0.05) is 41.9 Å². The van der Waals surface area contributed by atoms with E-state index in [0.717, 1.165) is 30.5 Å². The predicted octanol–water partition coefficient (Wildman–Crippen LogP) is 4.97. The lowest BCUT2D eigenvalue weighted by Crippen LogP contribution is -2.33. The molecule has 7 heteroatoms. The van der Waals surface area contributed by atoms with Crippen LogP contribution in [0.25, 0.3) is 11.0 Å². The molecule has 2 aromatic carbocycles. The summed E-state index contributed by atoms with van der Waals surface area (Å²) in [6.07, 6.45) is 0.743. The highest BCUT2D eigenvalue weighted by molar-refractivity contribution is 9.10. The second kappa shape index (κ2) is 8.93. The normalized spacial score (nSPS) is 15.8. The summed E-state index contributed by atoms with van der Waals surface area (Å²) in [7, 11) is 0. The molecule has 0 saturated carbocycles. The summed E-state index contributed by atoms with van der Waals surface area (Å²) >= 11 is 3.39. The smallest absolute Gasteiger partial charge is 0.290 e. The molecule has 0 bridgehead atoms. The number of hydrogen-bond donors (Lipinski definition) is 0. The van der Waals surface area contributed by atoms with Crippen molar-refractivity contribution in [3.63, 3.8) is 0 Å². The first kappa shape index (κ1) is 21.7. The topological polar surface area (TPSA) is 53.8 Å². The van der Waals surface area contributed by atoms with Crippen molar-refractivity contribution in [2.24, 2.45) is 0 Å². The van der Waals surface area contributed by atoms with Crippen LogP contribution in [0.1, 0.15) is 48.0 Å². The maximum absolute atomic E-state index is 14.1. The van der Waals surface area contributed by atoms with Gasteiger partial charge in [0.1, 0.15) is 11.4 Å². The Hall–Kier alpha value is -2.51. The van der Waals surface area contributed by atoms with Crippen molar-refractivity contribution >= 4 is 32.8 Å². The van der Waals surface area contributed by atoms with Gasteiger partial charge in [-0.3, -0.25) is 9.59 Å². The molecule has 4 rings (SSSR count). The lowest BCUT2D eigenvalue weighted by Gasteiger charge is -2.26. The Morgan fingerprint density at radius 3 is 2.61 bits per heavy atom. The molecule has 0 radical (unpaired) electrons. The molecule has 0 saturated heterocycles. The Bertz CT molecular complexity index is 1190. The van der Waals surface area contributed by atoms with Crippen molar-refractivity contribution in [1.29, 1.82) is 0 Å². The van der Waals surface area contributed by atoms with Crippen molar-refractivity contribution in [3.05, 3.63) is 79.9 Å². The van der Waals surface area contributed by atoms with E-state index < -0.39 is 11.9 Å². The third kappa shape index (κ3) is 4.04. The van der Waals surface area contributed by atoms with Gasteiger partial charge >= 0.3 is 0 Å². The number of benzene rings is 2. The number of carbonyl (C=O) groups is 1. The maximum atomic E-state index is 14.1. The number of rotatable bonds is 7. The van der Waals surface area contributed by atoms with Crippen LogP contribution in [0.2, 0.25) is 0 Å². The first-order valence-corrected chi connectivity index (χ1v) is 11.3. The van der Waals surface area contributed by atoms with Crippen LogP contribution in [0.5, 0.6) is 0 Å². The summed E-state index contributed by atoms with van der Waals surface area (Å²) in [5.74, 6) is -0.683. The number of hydrogen-bond acceptors (Lipinski definition) is 4. The van der Waals surface area contributed by atoms with Gasteiger partial charge in [0, 0.05) is 11.0 Å². The van der Waals surface area contributed by atoms with E-state index in [-0.39, 0.29) is 22.7 Å². The molecule has 0 unspecified atom stereocenters. The monoisotopic (exact) mass is 486 g/mol. The third-order valence-electron chi connectivity index (χ3n) is 5.86. The van der Waals surface area contributed by atoms with E-state index in [0.29, 0.717) is 23.1 Å². The van der Waals surface area contributed by atoms with Gasteiger partial charge in [-0.2, -0.15) is 0 Å². The molecule has 1 aliphatic heterocycles. The van der Waals surface area contributed by atoms with E-state index in [4.69, 9.17) is 4.42 Å². The fourth-order valence-corrected chi connectivity index (χ4v) is 4.61. The zero-order valence-electron chi connectivity index (χ0n) is 17.5. The number of carbonyl (C=O) groups excluding carboxylic acids is 1. The zero-order chi connectivity index (χ0) is 22.1. The molecule has 1 aliphatic rings. The molecule has 2 heterocycles. The van der Waals surface area contributed by atoms with Gasteiger partial charge in [0.15, 0.2) is 5.43 Å². The molecule has 0 aliphatic carbocycles. The SMILES string of the molecule is CCN(CC)CCCN1C(=O)c2oc3ccc(Br)cc3c(=O)c2[C@@H]1c1cccc(F)c1. The van der Waals surface area contributed by atoms with Gasteiger partial charge in [0.2, 0.25) is 5.76 Å². The van der Waals surface area contributed by atoms with Crippen LogP contribution in [0, 0.1) is 5.82 Å². The van der Waals surface area contributed by atoms with Gasteiger partial charge in [0.25, 0.3) is 5.91 Å².